The van der Waals surface area contributed by atoms with E-state index in [9.17, 15) is 0 Å². The average molecular weight is 1150 g/mol. The maximum Gasteiger partial charge on any atom is 0.252 e. The molecule has 0 atom stereocenters. The molecule has 2 aliphatic rings. The number of benzene rings is 10. The van der Waals surface area contributed by atoms with E-state index in [4.69, 9.17) is 4.42 Å². The van der Waals surface area contributed by atoms with Gasteiger partial charge in [0.05, 0.1) is 16.8 Å². The summed E-state index contributed by atoms with van der Waals surface area (Å²) in [5.74, 6) is 0. The Morgan fingerprint density at radius 2 is 0.750 bits per heavy atom. The largest absolute Gasteiger partial charge is 0.456 e. The third-order valence-electron chi connectivity index (χ3n) is 18.5. The van der Waals surface area contributed by atoms with Crippen molar-refractivity contribution in [3.8, 4) is 0 Å². The van der Waals surface area contributed by atoms with E-state index in [-0.39, 0.29) is 33.8 Å². The Morgan fingerprint density at radius 1 is 0.318 bits per heavy atom. The van der Waals surface area contributed by atoms with Crippen LogP contribution in [0, 0.1) is 13.8 Å². The van der Waals surface area contributed by atoms with Gasteiger partial charge in [0.25, 0.3) is 6.71 Å². The zero-order valence-corrected chi connectivity index (χ0v) is 54.9. The molecule has 5 nitrogen and oxygen atoms in total. The molecule has 1 aromatic heterocycles. The van der Waals surface area contributed by atoms with Crippen LogP contribution < -0.4 is 36.0 Å². The number of rotatable bonds is 8. The first-order chi connectivity index (χ1) is 41.6. The van der Waals surface area contributed by atoms with Gasteiger partial charge in [-0.05, 0) is 188 Å². The van der Waals surface area contributed by atoms with Crippen LogP contribution in [0.15, 0.2) is 211 Å². The quantitative estimate of drug-likeness (QED) is 0.141. The van der Waals surface area contributed by atoms with Crippen molar-refractivity contribution < 1.29 is 4.42 Å². The van der Waals surface area contributed by atoms with Crippen LogP contribution in [0.25, 0.3) is 21.9 Å². The topological polar surface area (TPSA) is 26.1 Å². The molecule has 13 rings (SSSR count). The van der Waals surface area contributed by atoms with E-state index in [1.807, 2.05) is 0 Å². The van der Waals surface area contributed by atoms with E-state index in [0.29, 0.717) is 0 Å². The first-order valence-electron chi connectivity index (χ1n) is 31.7. The highest BCUT2D eigenvalue weighted by molar-refractivity contribution is 7.00. The molecule has 0 spiro atoms. The zero-order chi connectivity index (χ0) is 62.1. The highest BCUT2D eigenvalue weighted by atomic mass is 16.3. The van der Waals surface area contributed by atoms with E-state index in [1.165, 1.54) is 61.0 Å². The smallest absolute Gasteiger partial charge is 0.252 e. The Balaban J connectivity index is 1.13. The van der Waals surface area contributed by atoms with Gasteiger partial charge in [0.2, 0.25) is 0 Å². The Labute approximate surface area is 524 Å². The second-order valence-electron chi connectivity index (χ2n) is 30.2. The Bertz CT molecular complexity index is 4360. The molecule has 0 bridgehead atoms. The summed E-state index contributed by atoms with van der Waals surface area (Å²) in [5.41, 5.74) is 27.3. The molecule has 0 saturated heterocycles. The van der Waals surface area contributed by atoms with E-state index >= 15 is 0 Å². The van der Waals surface area contributed by atoms with Crippen LogP contribution in [0.4, 0.5) is 68.2 Å². The molecule has 88 heavy (non-hydrogen) atoms. The second kappa shape index (κ2) is 21.0. The molecular weight excluding hydrogens is 1070 g/mol. The number of hydrogen-bond donors (Lipinski definition) is 0. The third kappa shape index (κ3) is 10.4. The highest BCUT2D eigenvalue weighted by Gasteiger charge is 2.46. The maximum atomic E-state index is 7.16. The van der Waals surface area contributed by atoms with Crippen molar-refractivity contribution in [3.63, 3.8) is 0 Å². The van der Waals surface area contributed by atoms with Gasteiger partial charge in [-0.3, -0.25) is 0 Å². The van der Waals surface area contributed by atoms with Gasteiger partial charge in [0.1, 0.15) is 11.2 Å². The summed E-state index contributed by atoms with van der Waals surface area (Å²) in [6.45, 7) is 39.0. The van der Waals surface area contributed by atoms with E-state index in [2.05, 4.69) is 344 Å². The van der Waals surface area contributed by atoms with Crippen LogP contribution in [0.1, 0.15) is 143 Å². The molecule has 0 unspecified atom stereocenters. The minimum Gasteiger partial charge on any atom is -0.456 e. The summed E-state index contributed by atoms with van der Waals surface area (Å²) in [6, 6.07) is 78.8. The van der Waals surface area contributed by atoms with Crippen LogP contribution in [0.5, 0.6) is 0 Å². The van der Waals surface area contributed by atoms with Gasteiger partial charge in [0, 0.05) is 68.3 Å². The maximum absolute atomic E-state index is 7.16. The molecule has 11 aromatic rings. The van der Waals surface area contributed by atoms with Crippen LogP contribution in [-0.2, 0) is 27.1 Å². The van der Waals surface area contributed by atoms with E-state index in [0.717, 1.165) is 84.5 Å². The lowest BCUT2D eigenvalue weighted by molar-refractivity contribution is 0.590. The zero-order valence-electron chi connectivity index (χ0n) is 54.9. The van der Waals surface area contributed by atoms with Crippen molar-refractivity contribution in [2.24, 2.45) is 0 Å². The molecule has 2 aliphatic heterocycles. The molecule has 0 saturated carbocycles. The van der Waals surface area contributed by atoms with E-state index < -0.39 is 0 Å². The first-order valence-corrected chi connectivity index (χ1v) is 31.7. The van der Waals surface area contributed by atoms with Crippen LogP contribution in [-0.4, -0.2) is 6.71 Å². The van der Waals surface area contributed by atoms with Gasteiger partial charge in [-0.2, -0.15) is 0 Å². The van der Waals surface area contributed by atoms with Crippen LogP contribution >= 0.6 is 0 Å². The van der Waals surface area contributed by atoms with Crippen LogP contribution in [0.3, 0.4) is 0 Å². The number of nitrogens with zero attached hydrogens (tertiary/aromatic N) is 4. The number of anilines is 12. The number of fused-ring (bicyclic) bond motifs is 7. The van der Waals surface area contributed by atoms with Crippen molar-refractivity contribution >= 4 is 113 Å². The fraction of sp³-hybridized carbons (Fsp3) is 0.268. The molecule has 0 radical (unpaired) electrons. The fourth-order valence-electron chi connectivity index (χ4n) is 13.3. The molecule has 0 aliphatic carbocycles. The minimum atomic E-state index is -0.241. The highest BCUT2D eigenvalue weighted by Crippen LogP contribution is 2.52. The van der Waals surface area contributed by atoms with Crippen molar-refractivity contribution in [2.75, 3.05) is 19.6 Å². The van der Waals surface area contributed by atoms with Crippen LogP contribution in [0.2, 0.25) is 0 Å². The molecule has 0 fully saturated rings. The summed E-state index contributed by atoms with van der Waals surface area (Å²) in [5, 5.41) is 2.16. The van der Waals surface area contributed by atoms with Crippen molar-refractivity contribution in [3.05, 3.63) is 245 Å². The predicted molar refractivity (Wildman–Crippen MR) is 380 cm³/mol. The first kappa shape index (κ1) is 58.3. The van der Waals surface area contributed by atoms with Crippen molar-refractivity contribution in [1.29, 1.82) is 0 Å². The fourth-order valence-corrected chi connectivity index (χ4v) is 13.3. The van der Waals surface area contributed by atoms with Crippen molar-refractivity contribution in [1.82, 2.24) is 0 Å². The third-order valence-corrected chi connectivity index (χ3v) is 18.5. The Hall–Kier alpha value is -8.74. The Kier molecular flexibility index (Phi) is 13.9. The van der Waals surface area contributed by atoms with Crippen molar-refractivity contribution in [2.45, 2.75) is 145 Å². The molecule has 10 aromatic carbocycles. The molecule has 6 heteroatoms. The number of furan rings is 1. The second-order valence-corrected chi connectivity index (χ2v) is 30.2. The SMILES string of the molecule is Cc1ccc(N(c2ccc(C)cc2)c2ccc3c(c2)N(c2ccc(C(C)(C)C)cc2)c2cc(C(C)(C)C)cc4c2B3c2cc(C(C)(C)C)ccc2N4c2cc(N(c3ccc(C(C)(C)C)cc3)c3ccc(C(C)(C)C)cc3)cc3oc4ccccc4c23)cc1. The van der Waals surface area contributed by atoms with Gasteiger partial charge in [-0.1, -0.05) is 212 Å². The molecule has 442 valence electrons. The van der Waals surface area contributed by atoms with Gasteiger partial charge in [-0.25, -0.2) is 0 Å². The summed E-state index contributed by atoms with van der Waals surface area (Å²) in [4.78, 5) is 10.1. The number of para-hydroxylation sites is 1. The number of hydrogen-bond acceptors (Lipinski definition) is 5. The normalized spacial score (nSPS) is 13.4. The Morgan fingerprint density at radius 3 is 1.26 bits per heavy atom. The molecule has 0 amide bonds. The van der Waals surface area contributed by atoms with Gasteiger partial charge in [0.15, 0.2) is 0 Å². The molecular formula is C82H85BN4O. The summed E-state index contributed by atoms with van der Waals surface area (Å²) >= 11 is 0. The number of aryl methyl sites for hydroxylation is 2. The monoisotopic (exact) mass is 1150 g/mol. The van der Waals surface area contributed by atoms with Gasteiger partial charge < -0.3 is 24.0 Å². The standard InChI is InChI=1S/C82H85BN4O/c1-52-22-33-59(34-23-52)84(60-35-24-53(2)25-36-60)64-43-44-67-70(49-64)86(63-41-30-56(31-42-63)80(9,10)11)72-47-58(82(15,16)17)48-73-77(72)83(67)68-46-57(81(12,13)14)32-45-69(68)87(73)71-50-65(51-75-76(71)66-20-18-19-21-74(66)88-75)85(61-37-26-54(27-38-61)78(3,4)5)62-39-28-55(29-40-62)79(6,7)8/h18-51H,1-17H3. The predicted octanol–water partition coefficient (Wildman–Crippen LogP) is 21.7. The lowest BCUT2D eigenvalue weighted by Gasteiger charge is -2.46. The molecule has 0 N–H and O–H groups in total. The molecule has 3 heterocycles. The van der Waals surface area contributed by atoms with E-state index in [1.54, 1.807) is 0 Å². The lowest BCUT2D eigenvalue weighted by atomic mass is 9.33. The summed E-state index contributed by atoms with van der Waals surface area (Å²) in [7, 11) is 0. The minimum absolute atomic E-state index is 0.0113. The summed E-state index contributed by atoms with van der Waals surface area (Å²) in [6.07, 6.45) is 0. The lowest BCUT2D eigenvalue weighted by Crippen LogP contribution is -2.61. The van der Waals surface area contributed by atoms with Gasteiger partial charge in [-0.15, -0.1) is 0 Å². The van der Waals surface area contributed by atoms with Gasteiger partial charge >= 0.3 is 0 Å². The average Bonchev–Trinajstić information content (AvgIpc) is 0.777. The summed E-state index contributed by atoms with van der Waals surface area (Å²) < 4.78 is 7.16.